The van der Waals surface area contributed by atoms with Gasteiger partial charge in [-0.25, -0.2) is 4.79 Å². The van der Waals surface area contributed by atoms with E-state index in [1.54, 1.807) is 44.4 Å². The molecule has 0 saturated carbocycles. The first-order chi connectivity index (χ1) is 12.5. The highest BCUT2D eigenvalue weighted by Gasteiger charge is 2.18. The number of ether oxygens (including phenoxy) is 3. The van der Waals surface area contributed by atoms with Gasteiger partial charge >= 0.3 is 5.97 Å². The molecular weight excluding hydrogens is 332 g/mol. The minimum absolute atomic E-state index is 0.268. The van der Waals surface area contributed by atoms with Crippen molar-refractivity contribution in [1.82, 2.24) is 0 Å². The summed E-state index contributed by atoms with van der Waals surface area (Å²) in [6.07, 6.45) is 2.05. The van der Waals surface area contributed by atoms with Crippen LogP contribution < -0.4 is 9.47 Å². The van der Waals surface area contributed by atoms with Gasteiger partial charge in [-0.05, 0) is 61.9 Å². The molecule has 0 heterocycles. The molecule has 0 unspecified atom stereocenters. The first-order valence-corrected chi connectivity index (χ1v) is 8.33. The number of ketones is 1. The van der Waals surface area contributed by atoms with Crippen molar-refractivity contribution in [2.45, 2.75) is 20.0 Å². The molecule has 1 atom stereocenters. The van der Waals surface area contributed by atoms with Crippen LogP contribution in [-0.4, -0.2) is 31.6 Å². The number of hydrogen-bond donors (Lipinski definition) is 0. The SMILES string of the molecule is CCOc1ccc(/C=C/C(=O)O[C@@H](C)C(=O)c2ccc(OC)cc2)cc1. The number of benzene rings is 2. The van der Waals surface area contributed by atoms with Crippen LogP contribution in [0.25, 0.3) is 6.08 Å². The lowest BCUT2D eigenvalue weighted by atomic mass is 10.1. The second-order valence-electron chi connectivity index (χ2n) is 5.51. The third-order valence-corrected chi connectivity index (χ3v) is 3.64. The summed E-state index contributed by atoms with van der Waals surface area (Å²) in [5, 5.41) is 0. The molecule has 5 heteroatoms. The summed E-state index contributed by atoms with van der Waals surface area (Å²) >= 11 is 0. The van der Waals surface area contributed by atoms with Gasteiger partial charge in [0.1, 0.15) is 11.5 Å². The largest absolute Gasteiger partial charge is 0.497 e. The molecule has 0 aromatic heterocycles. The molecule has 0 aliphatic heterocycles. The molecule has 0 saturated heterocycles. The van der Waals surface area contributed by atoms with Crippen molar-refractivity contribution in [2.75, 3.05) is 13.7 Å². The number of rotatable bonds is 8. The van der Waals surface area contributed by atoms with Gasteiger partial charge in [-0.3, -0.25) is 4.79 Å². The average Bonchev–Trinajstić information content (AvgIpc) is 2.67. The molecule has 0 spiro atoms. The van der Waals surface area contributed by atoms with Gasteiger partial charge in [-0.1, -0.05) is 12.1 Å². The van der Waals surface area contributed by atoms with Crippen molar-refractivity contribution in [2.24, 2.45) is 0 Å². The van der Waals surface area contributed by atoms with Gasteiger partial charge in [0.15, 0.2) is 6.10 Å². The fourth-order valence-electron chi connectivity index (χ4n) is 2.26. The van der Waals surface area contributed by atoms with Crippen LogP contribution in [0.1, 0.15) is 29.8 Å². The lowest BCUT2D eigenvalue weighted by molar-refractivity contribution is -0.140. The zero-order valence-electron chi connectivity index (χ0n) is 15.1. The fourth-order valence-corrected chi connectivity index (χ4v) is 2.26. The summed E-state index contributed by atoms with van der Waals surface area (Å²) in [7, 11) is 1.55. The predicted molar refractivity (Wildman–Crippen MR) is 99.5 cm³/mol. The van der Waals surface area contributed by atoms with Gasteiger partial charge in [-0.2, -0.15) is 0 Å². The van der Waals surface area contributed by atoms with Crippen molar-refractivity contribution in [3.05, 3.63) is 65.7 Å². The van der Waals surface area contributed by atoms with Gasteiger partial charge in [0.25, 0.3) is 0 Å². The monoisotopic (exact) mass is 354 g/mol. The zero-order chi connectivity index (χ0) is 18.9. The standard InChI is InChI=1S/C21H22O5/c1-4-25-19-10-5-16(6-11-19)7-14-20(22)26-15(2)21(23)17-8-12-18(24-3)13-9-17/h5-15H,4H2,1-3H3/b14-7+/t15-/m0/s1. The van der Waals surface area contributed by atoms with Crippen LogP contribution in [0.5, 0.6) is 11.5 Å². The lowest BCUT2D eigenvalue weighted by Gasteiger charge is -2.11. The zero-order valence-corrected chi connectivity index (χ0v) is 15.1. The van der Waals surface area contributed by atoms with Crippen molar-refractivity contribution in [1.29, 1.82) is 0 Å². The van der Waals surface area contributed by atoms with E-state index in [-0.39, 0.29) is 5.78 Å². The number of carbonyl (C=O) groups excluding carboxylic acids is 2. The summed E-state index contributed by atoms with van der Waals surface area (Å²) in [6.45, 7) is 4.06. The Hall–Kier alpha value is -3.08. The van der Waals surface area contributed by atoms with E-state index < -0.39 is 12.1 Å². The first kappa shape index (κ1) is 19.2. The molecular formula is C21H22O5. The maximum atomic E-state index is 12.3. The molecule has 0 fully saturated rings. The van der Waals surface area contributed by atoms with Gasteiger partial charge in [0, 0.05) is 11.6 Å². The Kier molecular flexibility index (Phi) is 6.97. The molecule has 26 heavy (non-hydrogen) atoms. The summed E-state index contributed by atoms with van der Waals surface area (Å²) in [5.41, 5.74) is 1.29. The van der Waals surface area contributed by atoms with Crippen LogP contribution in [0.15, 0.2) is 54.6 Å². The molecule has 0 amide bonds. The van der Waals surface area contributed by atoms with Crippen molar-refractivity contribution in [3.63, 3.8) is 0 Å². The lowest BCUT2D eigenvalue weighted by Crippen LogP contribution is -2.23. The van der Waals surface area contributed by atoms with E-state index in [1.165, 1.54) is 6.08 Å². The van der Waals surface area contributed by atoms with E-state index in [1.807, 2.05) is 31.2 Å². The van der Waals surface area contributed by atoms with Crippen molar-refractivity contribution in [3.8, 4) is 11.5 Å². The highest BCUT2D eigenvalue weighted by atomic mass is 16.5. The van der Waals surface area contributed by atoms with Crippen LogP contribution in [0.4, 0.5) is 0 Å². The summed E-state index contributed by atoms with van der Waals surface area (Å²) in [6, 6.07) is 14.0. The maximum absolute atomic E-state index is 12.3. The van der Waals surface area contributed by atoms with Crippen LogP contribution in [0.2, 0.25) is 0 Å². The highest BCUT2D eigenvalue weighted by molar-refractivity contribution is 6.01. The number of esters is 1. The Bertz CT molecular complexity index is 760. The van der Waals surface area contributed by atoms with Crippen LogP contribution in [-0.2, 0) is 9.53 Å². The van der Waals surface area contributed by atoms with Crippen LogP contribution in [0.3, 0.4) is 0 Å². The van der Waals surface area contributed by atoms with E-state index in [0.29, 0.717) is 17.9 Å². The van der Waals surface area contributed by atoms with Gasteiger partial charge in [0.05, 0.1) is 13.7 Å². The molecule has 0 bridgehead atoms. The molecule has 136 valence electrons. The Morgan fingerprint density at radius 3 is 2.19 bits per heavy atom. The maximum Gasteiger partial charge on any atom is 0.331 e. The van der Waals surface area contributed by atoms with Crippen LogP contribution in [0, 0.1) is 0 Å². The number of hydrogen-bond acceptors (Lipinski definition) is 5. The van der Waals surface area contributed by atoms with E-state index in [4.69, 9.17) is 14.2 Å². The Morgan fingerprint density at radius 1 is 1.00 bits per heavy atom. The summed E-state index contributed by atoms with van der Waals surface area (Å²) in [5.74, 6) is 0.583. The molecule has 0 N–H and O–H groups in total. The molecule has 0 radical (unpaired) electrons. The highest BCUT2D eigenvalue weighted by Crippen LogP contribution is 2.15. The second-order valence-corrected chi connectivity index (χ2v) is 5.51. The average molecular weight is 354 g/mol. The molecule has 2 aromatic carbocycles. The topological polar surface area (TPSA) is 61.8 Å². The second kappa shape index (κ2) is 9.42. The van der Waals surface area contributed by atoms with Gasteiger partial charge in [0.2, 0.25) is 5.78 Å². The molecule has 2 rings (SSSR count). The van der Waals surface area contributed by atoms with Gasteiger partial charge in [-0.15, -0.1) is 0 Å². The molecule has 0 aliphatic carbocycles. The van der Waals surface area contributed by atoms with Crippen LogP contribution >= 0.6 is 0 Å². The van der Waals surface area contributed by atoms with Gasteiger partial charge < -0.3 is 14.2 Å². The summed E-state index contributed by atoms with van der Waals surface area (Å²) in [4.78, 5) is 24.2. The minimum atomic E-state index is -0.874. The predicted octanol–water partition coefficient (Wildman–Crippen LogP) is 3.92. The number of methoxy groups -OCH3 is 1. The van der Waals surface area contributed by atoms with Crippen molar-refractivity contribution >= 4 is 17.8 Å². The number of carbonyl (C=O) groups is 2. The third-order valence-electron chi connectivity index (χ3n) is 3.64. The minimum Gasteiger partial charge on any atom is -0.497 e. The molecule has 0 aliphatic rings. The number of Topliss-reactive ketones (excluding diaryl/α,β-unsaturated/α-hetero) is 1. The van der Waals surface area contributed by atoms with E-state index >= 15 is 0 Å². The third kappa shape index (κ3) is 5.48. The fraction of sp³-hybridized carbons (Fsp3) is 0.238. The van der Waals surface area contributed by atoms with E-state index in [9.17, 15) is 9.59 Å². The van der Waals surface area contributed by atoms with E-state index in [0.717, 1.165) is 11.3 Å². The Morgan fingerprint density at radius 2 is 1.62 bits per heavy atom. The summed E-state index contributed by atoms with van der Waals surface area (Å²) < 4.78 is 15.6. The first-order valence-electron chi connectivity index (χ1n) is 8.33. The smallest absolute Gasteiger partial charge is 0.331 e. The van der Waals surface area contributed by atoms with E-state index in [2.05, 4.69) is 0 Å². The normalized spacial score (nSPS) is 11.8. The Labute approximate surface area is 153 Å². The quantitative estimate of drug-likeness (QED) is 0.408. The molecule has 5 nitrogen and oxygen atoms in total. The van der Waals surface area contributed by atoms with Crippen molar-refractivity contribution < 1.29 is 23.8 Å². The Balaban J connectivity index is 1.91. The molecule has 2 aromatic rings.